The van der Waals surface area contributed by atoms with Crippen molar-refractivity contribution in [2.75, 3.05) is 34.5 Å². The lowest BCUT2D eigenvalue weighted by Gasteiger charge is -2.67. The molecular formula is C13H24O6Si. The van der Waals surface area contributed by atoms with Crippen molar-refractivity contribution in [1.29, 1.82) is 0 Å². The lowest BCUT2D eigenvalue weighted by molar-refractivity contribution is -0.391. The van der Waals surface area contributed by atoms with Crippen molar-refractivity contribution in [2.24, 2.45) is 0 Å². The van der Waals surface area contributed by atoms with Crippen molar-refractivity contribution in [2.45, 2.75) is 49.0 Å². The lowest BCUT2D eigenvalue weighted by Crippen LogP contribution is -2.85. The summed E-state index contributed by atoms with van der Waals surface area (Å²) in [7, 11) is 2.45. The Bertz CT molecular complexity index is 358. The minimum atomic E-state index is -2.58. The average molecular weight is 304 g/mol. The van der Waals surface area contributed by atoms with Gasteiger partial charge < -0.3 is 27.8 Å². The third kappa shape index (κ3) is 1.65. The first-order chi connectivity index (χ1) is 9.57. The van der Waals surface area contributed by atoms with E-state index in [9.17, 15) is 0 Å². The van der Waals surface area contributed by atoms with Gasteiger partial charge in [-0.2, -0.15) is 0 Å². The van der Waals surface area contributed by atoms with Crippen LogP contribution in [0, 0.1) is 0 Å². The summed E-state index contributed by atoms with van der Waals surface area (Å²) in [6.45, 7) is 3.55. The third-order valence-corrected chi connectivity index (χ3v) is 9.07. The summed E-state index contributed by atoms with van der Waals surface area (Å²) in [5.74, 6) is 0. The second kappa shape index (κ2) is 5.01. The highest BCUT2D eigenvalue weighted by atomic mass is 28.4. The molecule has 4 unspecified atom stereocenters. The highest BCUT2D eigenvalue weighted by Crippen LogP contribution is 2.57. The van der Waals surface area contributed by atoms with E-state index in [1.807, 2.05) is 6.55 Å². The largest absolute Gasteiger partial charge is 0.396 e. The van der Waals surface area contributed by atoms with Gasteiger partial charge in [0.05, 0.1) is 12.7 Å². The molecule has 0 aromatic carbocycles. The van der Waals surface area contributed by atoms with Crippen LogP contribution < -0.4 is 0 Å². The molecule has 0 spiro atoms. The van der Waals surface area contributed by atoms with Crippen LogP contribution in [0.5, 0.6) is 0 Å². The van der Waals surface area contributed by atoms with Crippen molar-refractivity contribution < 1.29 is 27.8 Å². The van der Waals surface area contributed by atoms with Crippen LogP contribution in [-0.2, 0) is 27.8 Å². The molecule has 7 heteroatoms. The Hall–Kier alpha value is -0.0231. The van der Waals surface area contributed by atoms with E-state index in [1.54, 1.807) is 21.3 Å². The first-order valence-electron chi connectivity index (χ1n) is 7.14. The van der Waals surface area contributed by atoms with E-state index < -0.39 is 19.4 Å². The van der Waals surface area contributed by atoms with Crippen LogP contribution in [0.25, 0.3) is 0 Å². The van der Waals surface area contributed by atoms with E-state index in [4.69, 9.17) is 27.8 Å². The van der Waals surface area contributed by atoms with Crippen molar-refractivity contribution in [3.05, 3.63) is 0 Å². The molecule has 0 bridgehead atoms. The summed E-state index contributed by atoms with van der Waals surface area (Å²) in [6.07, 6.45) is 2.51. The molecule has 116 valence electrons. The van der Waals surface area contributed by atoms with Crippen molar-refractivity contribution in [1.82, 2.24) is 0 Å². The maximum absolute atomic E-state index is 6.17. The van der Waals surface area contributed by atoms with Crippen molar-refractivity contribution in [3.63, 3.8) is 0 Å². The maximum Gasteiger partial charge on any atom is 0.371 e. The van der Waals surface area contributed by atoms with Gasteiger partial charge in [0.15, 0.2) is 11.5 Å². The number of hydrogen-bond acceptors (Lipinski definition) is 6. The van der Waals surface area contributed by atoms with Gasteiger partial charge in [-0.15, -0.1) is 0 Å². The number of hydrogen-bond donors (Lipinski definition) is 0. The third-order valence-electron chi connectivity index (χ3n) is 5.30. The van der Waals surface area contributed by atoms with Crippen LogP contribution >= 0.6 is 0 Å². The predicted molar refractivity (Wildman–Crippen MR) is 72.5 cm³/mol. The Kier molecular flexibility index (Phi) is 3.73. The summed E-state index contributed by atoms with van der Waals surface area (Å²) in [6, 6.07) is 0. The monoisotopic (exact) mass is 304 g/mol. The zero-order chi connectivity index (χ0) is 14.4. The van der Waals surface area contributed by atoms with E-state index in [0.717, 1.165) is 32.5 Å². The van der Waals surface area contributed by atoms with Gasteiger partial charge in [0.2, 0.25) is 0 Å². The van der Waals surface area contributed by atoms with E-state index in [0.29, 0.717) is 0 Å². The summed E-state index contributed by atoms with van der Waals surface area (Å²) in [5, 5.41) is -0.562. The fourth-order valence-corrected chi connectivity index (χ4v) is 6.54. The van der Waals surface area contributed by atoms with Gasteiger partial charge in [-0.05, 0) is 13.0 Å². The van der Waals surface area contributed by atoms with Gasteiger partial charge in [-0.3, -0.25) is 0 Å². The molecule has 4 atom stereocenters. The van der Waals surface area contributed by atoms with Crippen LogP contribution in [0.4, 0.5) is 0 Å². The molecule has 0 saturated carbocycles. The minimum absolute atomic E-state index is 0.0752. The Morgan fingerprint density at radius 1 is 1.15 bits per heavy atom. The summed E-state index contributed by atoms with van der Waals surface area (Å²) < 4.78 is 34.8. The number of ether oxygens (including phenoxy) is 4. The van der Waals surface area contributed by atoms with Gasteiger partial charge in [0.25, 0.3) is 0 Å². The molecule has 0 aromatic rings. The molecule has 3 heterocycles. The highest BCUT2D eigenvalue weighted by Gasteiger charge is 2.77. The van der Waals surface area contributed by atoms with Crippen LogP contribution in [0.15, 0.2) is 0 Å². The van der Waals surface area contributed by atoms with Crippen LogP contribution in [0.2, 0.25) is 6.55 Å². The number of methoxy groups -OCH3 is 1. The smallest absolute Gasteiger partial charge is 0.371 e. The Morgan fingerprint density at radius 3 is 2.05 bits per heavy atom. The molecule has 20 heavy (non-hydrogen) atoms. The topological polar surface area (TPSA) is 55.4 Å². The molecule has 3 rings (SSSR count). The first kappa shape index (κ1) is 14.9. The highest BCUT2D eigenvalue weighted by molar-refractivity contribution is 6.69. The summed E-state index contributed by atoms with van der Waals surface area (Å²) >= 11 is 0. The standard InChI is InChI=1S/C13H24O6Si/c1-14-11-9-13(19-11,20(4,15-2)16-3)12(6-8-18-12)10-5-7-17-10/h10-11H,5-9H2,1-4H3. The normalized spacial score (nSPS) is 44.4. The average Bonchev–Trinajstić information content (AvgIpc) is 2.31. The van der Waals surface area contributed by atoms with Crippen LogP contribution in [0.3, 0.4) is 0 Å². The second-order valence-corrected chi connectivity index (χ2v) is 9.32. The van der Waals surface area contributed by atoms with Crippen molar-refractivity contribution >= 4 is 8.56 Å². The Morgan fingerprint density at radius 2 is 1.75 bits per heavy atom. The molecule has 3 fully saturated rings. The van der Waals surface area contributed by atoms with Gasteiger partial charge >= 0.3 is 8.56 Å². The van der Waals surface area contributed by atoms with Gasteiger partial charge in [-0.25, -0.2) is 0 Å². The summed E-state index contributed by atoms with van der Waals surface area (Å²) in [5.41, 5.74) is -0.437. The maximum atomic E-state index is 6.17. The second-order valence-electron chi connectivity index (χ2n) is 5.80. The quantitative estimate of drug-likeness (QED) is 0.682. The molecule has 0 aromatic heterocycles. The SMILES string of the molecule is COC1CC(C2(C3CCO3)CCO2)([Si](C)(OC)OC)O1. The molecular weight excluding hydrogens is 280 g/mol. The Labute approximate surface area is 120 Å². The van der Waals surface area contributed by atoms with E-state index in [1.165, 1.54) is 0 Å². The molecule has 3 aliphatic rings. The Balaban J connectivity index is 1.94. The molecule has 0 aliphatic carbocycles. The lowest BCUT2D eigenvalue weighted by atomic mass is 9.75. The van der Waals surface area contributed by atoms with Crippen molar-refractivity contribution in [3.8, 4) is 0 Å². The fourth-order valence-electron chi connectivity index (χ4n) is 3.70. The van der Waals surface area contributed by atoms with E-state index in [2.05, 4.69) is 0 Å². The van der Waals surface area contributed by atoms with Gasteiger partial charge in [0, 0.05) is 40.8 Å². The first-order valence-corrected chi connectivity index (χ1v) is 9.45. The molecule has 0 amide bonds. The van der Waals surface area contributed by atoms with Gasteiger partial charge in [0.1, 0.15) is 5.60 Å². The van der Waals surface area contributed by atoms with Crippen LogP contribution in [-0.4, -0.2) is 66.3 Å². The van der Waals surface area contributed by atoms with E-state index >= 15 is 0 Å². The zero-order valence-corrected chi connectivity index (χ0v) is 13.6. The molecule has 3 saturated heterocycles. The summed E-state index contributed by atoms with van der Waals surface area (Å²) in [4.78, 5) is 0. The molecule has 3 aliphatic heterocycles. The molecule has 0 radical (unpaired) electrons. The van der Waals surface area contributed by atoms with Crippen LogP contribution in [0.1, 0.15) is 19.3 Å². The predicted octanol–water partition coefficient (Wildman–Crippen LogP) is 0.970. The number of rotatable bonds is 6. The zero-order valence-electron chi connectivity index (χ0n) is 12.6. The van der Waals surface area contributed by atoms with E-state index in [-0.39, 0.29) is 12.4 Å². The molecule has 0 N–H and O–H groups in total. The minimum Gasteiger partial charge on any atom is -0.396 e. The fraction of sp³-hybridized carbons (Fsp3) is 1.00. The molecule has 6 nitrogen and oxygen atoms in total. The van der Waals surface area contributed by atoms with Gasteiger partial charge in [-0.1, -0.05) is 0 Å².